The number of carbonyl (C=O) groups is 1. The summed E-state index contributed by atoms with van der Waals surface area (Å²) in [5.41, 5.74) is 0.996. The summed E-state index contributed by atoms with van der Waals surface area (Å²) in [6.07, 6.45) is 6.05. The molecular weight excluding hydrogens is 294 g/mol. The fourth-order valence-corrected chi connectivity index (χ4v) is 2.33. The number of aromatic nitrogens is 1. The summed E-state index contributed by atoms with van der Waals surface area (Å²) < 4.78 is 2.07. The van der Waals surface area contributed by atoms with Crippen molar-refractivity contribution in [2.75, 3.05) is 5.32 Å². The number of amides is 1. The number of hydrogen-bond donors (Lipinski definition) is 1. The molecule has 2 rings (SSSR count). The second-order valence-corrected chi connectivity index (χ2v) is 5.33. The van der Waals surface area contributed by atoms with Gasteiger partial charge in [-0.15, -0.1) is 0 Å². The zero-order valence-electron chi connectivity index (χ0n) is 13.1. The van der Waals surface area contributed by atoms with Crippen LogP contribution in [0.15, 0.2) is 48.8 Å². The van der Waals surface area contributed by atoms with Crippen LogP contribution in [0, 0.1) is 17.0 Å². The van der Waals surface area contributed by atoms with Gasteiger partial charge in [0.2, 0.25) is 5.91 Å². The van der Waals surface area contributed by atoms with Crippen molar-refractivity contribution in [2.45, 2.75) is 32.7 Å². The summed E-state index contributed by atoms with van der Waals surface area (Å²) in [6.45, 7) is 2.50. The molecule has 0 aliphatic rings. The van der Waals surface area contributed by atoms with Crippen LogP contribution in [0.2, 0.25) is 0 Å². The zero-order valence-corrected chi connectivity index (χ0v) is 13.1. The molecule has 0 radical (unpaired) electrons. The Hall–Kier alpha value is -2.76. The van der Waals surface area contributed by atoms with E-state index in [0.717, 1.165) is 19.4 Å². The molecule has 0 saturated heterocycles. The Morgan fingerprint density at radius 3 is 2.61 bits per heavy atom. The SMILES string of the molecule is Cc1c(NC(=O)CCCC[n+]2ccccc2)cccc1[N+](=O)[O-]. The van der Waals surface area contributed by atoms with Crippen molar-refractivity contribution in [3.63, 3.8) is 0 Å². The van der Waals surface area contributed by atoms with Gasteiger partial charge in [0.25, 0.3) is 5.69 Å². The Bertz CT molecular complexity index is 687. The van der Waals surface area contributed by atoms with E-state index in [1.165, 1.54) is 6.07 Å². The molecule has 1 N–H and O–H groups in total. The van der Waals surface area contributed by atoms with Crippen molar-refractivity contribution in [2.24, 2.45) is 0 Å². The van der Waals surface area contributed by atoms with E-state index < -0.39 is 4.92 Å². The summed E-state index contributed by atoms with van der Waals surface area (Å²) >= 11 is 0. The van der Waals surface area contributed by atoms with Crippen LogP contribution in [-0.2, 0) is 11.3 Å². The molecule has 1 aromatic carbocycles. The number of anilines is 1. The number of nitro groups is 1. The van der Waals surface area contributed by atoms with Crippen LogP contribution in [0.5, 0.6) is 0 Å². The van der Waals surface area contributed by atoms with Crippen LogP contribution in [0.4, 0.5) is 11.4 Å². The topological polar surface area (TPSA) is 76.1 Å². The third kappa shape index (κ3) is 4.88. The zero-order chi connectivity index (χ0) is 16.7. The van der Waals surface area contributed by atoms with Crippen molar-refractivity contribution in [3.8, 4) is 0 Å². The van der Waals surface area contributed by atoms with Crippen LogP contribution >= 0.6 is 0 Å². The number of nitrogens with zero attached hydrogens (tertiary/aromatic N) is 2. The van der Waals surface area contributed by atoms with Crippen molar-refractivity contribution in [1.29, 1.82) is 0 Å². The second-order valence-electron chi connectivity index (χ2n) is 5.33. The van der Waals surface area contributed by atoms with E-state index in [1.54, 1.807) is 19.1 Å². The minimum absolute atomic E-state index is 0.0169. The highest BCUT2D eigenvalue weighted by Gasteiger charge is 2.14. The number of benzene rings is 1. The number of hydrogen-bond acceptors (Lipinski definition) is 3. The van der Waals surface area contributed by atoms with Gasteiger partial charge < -0.3 is 5.32 Å². The predicted molar refractivity (Wildman–Crippen MR) is 87.0 cm³/mol. The molecule has 0 aliphatic carbocycles. The molecule has 2 aromatic rings. The monoisotopic (exact) mass is 314 g/mol. The Morgan fingerprint density at radius 2 is 1.91 bits per heavy atom. The van der Waals surface area contributed by atoms with E-state index in [1.807, 2.05) is 30.6 Å². The van der Waals surface area contributed by atoms with Gasteiger partial charge in [-0.1, -0.05) is 12.1 Å². The van der Waals surface area contributed by atoms with Gasteiger partial charge in [-0.3, -0.25) is 14.9 Å². The maximum atomic E-state index is 12.0. The average Bonchev–Trinajstić information content (AvgIpc) is 2.54. The molecule has 6 heteroatoms. The van der Waals surface area contributed by atoms with E-state index in [0.29, 0.717) is 17.7 Å². The molecule has 1 amide bonds. The molecule has 0 spiro atoms. The third-order valence-electron chi connectivity index (χ3n) is 3.62. The summed E-state index contributed by atoms with van der Waals surface area (Å²) in [5.74, 6) is -0.119. The van der Waals surface area contributed by atoms with Crippen LogP contribution < -0.4 is 9.88 Å². The number of nitrogens with one attached hydrogen (secondary N) is 1. The number of aryl methyl sites for hydroxylation is 1. The molecule has 0 unspecified atom stereocenters. The fourth-order valence-electron chi connectivity index (χ4n) is 2.33. The van der Waals surface area contributed by atoms with Crippen molar-refractivity contribution >= 4 is 17.3 Å². The molecule has 0 saturated carbocycles. The molecule has 1 heterocycles. The first-order chi connectivity index (χ1) is 11.1. The lowest BCUT2D eigenvalue weighted by molar-refractivity contribution is -0.697. The molecule has 120 valence electrons. The van der Waals surface area contributed by atoms with E-state index in [-0.39, 0.29) is 11.6 Å². The van der Waals surface area contributed by atoms with Gasteiger partial charge in [-0.2, -0.15) is 0 Å². The molecule has 6 nitrogen and oxygen atoms in total. The van der Waals surface area contributed by atoms with E-state index in [9.17, 15) is 14.9 Å². The summed E-state index contributed by atoms with van der Waals surface area (Å²) in [6, 6.07) is 10.6. The molecule has 23 heavy (non-hydrogen) atoms. The molecule has 0 bridgehead atoms. The fraction of sp³-hybridized carbons (Fsp3) is 0.294. The summed E-state index contributed by atoms with van der Waals surface area (Å²) in [4.78, 5) is 22.4. The first-order valence-electron chi connectivity index (χ1n) is 7.56. The lowest BCUT2D eigenvalue weighted by atomic mass is 10.1. The van der Waals surface area contributed by atoms with E-state index in [2.05, 4.69) is 9.88 Å². The quantitative estimate of drug-likeness (QED) is 0.369. The van der Waals surface area contributed by atoms with Crippen molar-refractivity contribution in [3.05, 3.63) is 64.5 Å². The summed E-state index contributed by atoms with van der Waals surface area (Å²) in [5, 5.41) is 13.6. The van der Waals surface area contributed by atoms with Crippen LogP contribution in [0.3, 0.4) is 0 Å². The number of unbranched alkanes of at least 4 members (excludes halogenated alkanes) is 1. The van der Waals surface area contributed by atoms with Gasteiger partial charge in [0, 0.05) is 31.0 Å². The lowest BCUT2D eigenvalue weighted by Gasteiger charge is -2.08. The smallest absolute Gasteiger partial charge is 0.274 e. The minimum atomic E-state index is -0.442. The largest absolute Gasteiger partial charge is 0.326 e. The van der Waals surface area contributed by atoms with E-state index in [4.69, 9.17) is 0 Å². The van der Waals surface area contributed by atoms with Crippen molar-refractivity contribution in [1.82, 2.24) is 0 Å². The van der Waals surface area contributed by atoms with Crippen LogP contribution in [-0.4, -0.2) is 10.8 Å². The molecule has 0 aliphatic heterocycles. The van der Waals surface area contributed by atoms with Crippen LogP contribution in [0.1, 0.15) is 24.8 Å². The average molecular weight is 314 g/mol. The normalized spacial score (nSPS) is 10.3. The first kappa shape index (κ1) is 16.6. The Labute approximate surface area is 134 Å². The second kappa shape index (κ2) is 8.03. The maximum absolute atomic E-state index is 12.0. The third-order valence-corrected chi connectivity index (χ3v) is 3.62. The lowest BCUT2D eigenvalue weighted by Crippen LogP contribution is -2.32. The van der Waals surface area contributed by atoms with Gasteiger partial charge >= 0.3 is 0 Å². The Balaban J connectivity index is 1.81. The highest BCUT2D eigenvalue weighted by atomic mass is 16.6. The minimum Gasteiger partial charge on any atom is -0.326 e. The van der Waals surface area contributed by atoms with Gasteiger partial charge in [0.05, 0.1) is 16.2 Å². The Kier molecular flexibility index (Phi) is 5.80. The maximum Gasteiger partial charge on any atom is 0.274 e. The van der Waals surface area contributed by atoms with Gasteiger partial charge in [-0.05, 0) is 19.4 Å². The van der Waals surface area contributed by atoms with E-state index >= 15 is 0 Å². The van der Waals surface area contributed by atoms with Gasteiger partial charge in [0.1, 0.15) is 6.54 Å². The van der Waals surface area contributed by atoms with Gasteiger partial charge in [0.15, 0.2) is 12.4 Å². The molecule has 1 aromatic heterocycles. The predicted octanol–water partition coefficient (Wildman–Crippen LogP) is 3.00. The number of nitro benzene ring substituents is 1. The first-order valence-corrected chi connectivity index (χ1v) is 7.56. The van der Waals surface area contributed by atoms with Gasteiger partial charge in [-0.25, -0.2) is 4.57 Å². The standard InChI is InChI=1S/C17H19N3O3/c1-14-15(8-7-9-16(14)20(22)23)18-17(21)10-3-6-13-19-11-4-2-5-12-19/h2,4-5,7-9,11-12H,3,6,10,13H2,1H3/p+1. The van der Waals surface area contributed by atoms with Crippen LogP contribution in [0.25, 0.3) is 0 Å². The molecular formula is C17H20N3O3+. The molecule has 0 atom stereocenters. The molecule has 0 fully saturated rings. The van der Waals surface area contributed by atoms with Crippen molar-refractivity contribution < 1.29 is 14.3 Å². The number of rotatable bonds is 7. The number of carbonyl (C=O) groups excluding carboxylic acids is 1. The summed E-state index contributed by atoms with van der Waals surface area (Å²) in [7, 11) is 0. The number of pyridine rings is 1. The Morgan fingerprint density at radius 1 is 1.17 bits per heavy atom. The highest BCUT2D eigenvalue weighted by Crippen LogP contribution is 2.25. The highest BCUT2D eigenvalue weighted by molar-refractivity contribution is 5.92.